The molecular formula is C19H20FNOS. The normalized spacial score (nSPS) is 16.9. The van der Waals surface area contributed by atoms with Gasteiger partial charge in [0.05, 0.1) is 5.25 Å². The predicted molar refractivity (Wildman–Crippen MR) is 92.2 cm³/mol. The summed E-state index contributed by atoms with van der Waals surface area (Å²) in [4.78, 5) is 13.6. The number of halogens is 1. The fourth-order valence-corrected chi connectivity index (χ4v) is 3.98. The first-order valence-electron chi connectivity index (χ1n) is 7.74. The number of thioether (sulfide) groups is 1. The van der Waals surface area contributed by atoms with E-state index in [1.807, 2.05) is 32.0 Å². The molecule has 23 heavy (non-hydrogen) atoms. The number of benzene rings is 2. The summed E-state index contributed by atoms with van der Waals surface area (Å²) >= 11 is 1.62. The molecule has 1 N–H and O–H groups in total. The summed E-state index contributed by atoms with van der Waals surface area (Å²) in [7, 11) is 0. The molecule has 1 heterocycles. The second-order valence-electron chi connectivity index (χ2n) is 6.53. The van der Waals surface area contributed by atoms with Gasteiger partial charge in [-0.1, -0.05) is 44.2 Å². The summed E-state index contributed by atoms with van der Waals surface area (Å²) in [5.74, 6) is -0.195. The van der Waals surface area contributed by atoms with Crippen molar-refractivity contribution in [1.29, 1.82) is 0 Å². The lowest BCUT2D eigenvalue weighted by atomic mass is 9.84. The Hall–Kier alpha value is -1.81. The van der Waals surface area contributed by atoms with Gasteiger partial charge in [0, 0.05) is 16.9 Å². The molecule has 0 aromatic heterocycles. The van der Waals surface area contributed by atoms with E-state index in [0.717, 1.165) is 12.0 Å². The monoisotopic (exact) mass is 329 g/mol. The zero-order valence-electron chi connectivity index (χ0n) is 13.3. The Morgan fingerprint density at radius 2 is 2.04 bits per heavy atom. The number of hydrogen-bond acceptors (Lipinski definition) is 2. The molecule has 1 aliphatic rings. The topological polar surface area (TPSA) is 29.1 Å². The first-order valence-corrected chi connectivity index (χ1v) is 8.62. The smallest absolute Gasteiger partial charge is 0.233 e. The maximum absolute atomic E-state index is 13.4. The molecule has 0 spiro atoms. The van der Waals surface area contributed by atoms with Gasteiger partial charge in [0.15, 0.2) is 0 Å². The van der Waals surface area contributed by atoms with Gasteiger partial charge >= 0.3 is 0 Å². The summed E-state index contributed by atoms with van der Waals surface area (Å²) in [6, 6.07) is 14.7. The molecule has 2 aromatic rings. The number of amides is 1. The van der Waals surface area contributed by atoms with Gasteiger partial charge in [-0.25, -0.2) is 4.39 Å². The van der Waals surface area contributed by atoms with Crippen molar-refractivity contribution in [1.82, 2.24) is 5.32 Å². The van der Waals surface area contributed by atoms with Crippen molar-refractivity contribution >= 4 is 17.7 Å². The van der Waals surface area contributed by atoms with E-state index in [9.17, 15) is 9.18 Å². The van der Waals surface area contributed by atoms with Gasteiger partial charge in [0.1, 0.15) is 5.82 Å². The Kier molecular flexibility index (Phi) is 4.44. The standard InChI is InChI=1S/C19H20FNOS/c1-19(2,14-7-5-8-15(20)11-14)12-21-18(22)17-10-13-6-3-4-9-16(13)23-17/h3-9,11,17H,10,12H2,1-2H3,(H,21,22). The van der Waals surface area contributed by atoms with E-state index in [2.05, 4.69) is 17.4 Å². The molecule has 2 aromatic carbocycles. The molecule has 4 heteroatoms. The molecule has 0 saturated heterocycles. The van der Waals surface area contributed by atoms with E-state index >= 15 is 0 Å². The van der Waals surface area contributed by atoms with Gasteiger partial charge in [-0.2, -0.15) is 0 Å². The van der Waals surface area contributed by atoms with Crippen LogP contribution in [0.25, 0.3) is 0 Å². The lowest BCUT2D eigenvalue weighted by Crippen LogP contribution is -2.40. The second kappa shape index (κ2) is 6.36. The van der Waals surface area contributed by atoms with Crippen molar-refractivity contribution in [3.8, 4) is 0 Å². The van der Waals surface area contributed by atoms with E-state index in [0.29, 0.717) is 6.54 Å². The highest BCUT2D eigenvalue weighted by Gasteiger charge is 2.29. The summed E-state index contributed by atoms with van der Waals surface area (Å²) in [6.45, 7) is 4.51. The van der Waals surface area contributed by atoms with Gasteiger partial charge in [-0.3, -0.25) is 4.79 Å². The molecule has 120 valence electrons. The van der Waals surface area contributed by atoms with Crippen LogP contribution in [0.3, 0.4) is 0 Å². The van der Waals surface area contributed by atoms with Crippen molar-refractivity contribution in [2.24, 2.45) is 0 Å². The van der Waals surface area contributed by atoms with Crippen LogP contribution < -0.4 is 5.32 Å². The molecule has 0 fully saturated rings. The molecule has 1 amide bonds. The Morgan fingerprint density at radius 1 is 1.26 bits per heavy atom. The van der Waals surface area contributed by atoms with Crippen molar-refractivity contribution in [3.63, 3.8) is 0 Å². The highest BCUT2D eigenvalue weighted by Crippen LogP contribution is 2.36. The van der Waals surface area contributed by atoms with Crippen LogP contribution in [0.5, 0.6) is 0 Å². The number of hydrogen-bond donors (Lipinski definition) is 1. The zero-order chi connectivity index (χ0) is 16.4. The van der Waals surface area contributed by atoms with E-state index in [1.54, 1.807) is 17.8 Å². The third-order valence-electron chi connectivity index (χ3n) is 4.25. The number of nitrogens with one attached hydrogen (secondary N) is 1. The van der Waals surface area contributed by atoms with Crippen molar-refractivity contribution in [2.75, 3.05) is 6.54 Å². The summed E-state index contributed by atoms with van der Waals surface area (Å²) in [5, 5.41) is 2.96. The summed E-state index contributed by atoms with van der Waals surface area (Å²) in [6.07, 6.45) is 0.771. The molecule has 0 radical (unpaired) electrons. The summed E-state index contributed by atoms with van der Waals surface area (Å²) in [5.41, 5.74) is 1.82. The lowest BCUT2D eigenvalue weighted by Gasteiger charge is -2.26. The van der Waals surface area contributed by atoms with Crippen LogP contribution in [0.4, 0.5) is 4.39 Å². The molecule has 2 nitrogen and oxygen atoms in total. The highest BCUT2D eigenvalue weighted by molar-refractivity contribution is 8.01. The highest BCUT2D eigenvalue weighted by atomic mass is 32.2. The summed E-state index contributed by atoms with van der Waals surface area (Å²) < 4.78 is 13.4. The molecule has 3 rings (SSSR count). The van der Waals surface area contributed by atoms with E-state index < -0.39 is 0 Å². The lowest BCUT2D eigenvalue weighted by molar-refractivity contribution is -0.120. The minimum absolute atomic E-state index is 0.0516. The Bertz CT molecular complexity index is 704. The van der Waals surface area contributed by atoms with Crippen LogP contribution in [0.15, 0.2) is 53.4 Å². The van der Waals surface area contributed by atoms with Crippen LogP contribution in [0.1, 0.15) is 25.0 Å². The molecular weight excluding hydrogens is 309 g/mol. The predicted octanol–water partition coefficient (Wildman–Crippen LogP) is 3.94. The van der Waals surface area contributed by atoms with Crippen LogP contribution in [-0.4, -0.2) is 17.7 Å². The SMILES string of the molecule is CC(C)(CNC(=O)C1Cc2ccccc2S1)c1cccc(F)c1. The van der Waals surface area contributed by atoms with Gasteiger partial charge in [0.25, 0.3) is 0 Å². The molecule has 1 aliphatic heterocycles. The molecule has 0 bridgehead atoms. The number of carbonyl (C=O) groups excluding carboxylic acids is 1. The Labute approximate surface area is 140 Å². The van der Waals surface area contributed by atoms with Crippen LogP contribution in [0.2, 0.25) is 0 Å². The largest absolute Gasteiger partial charge is 0.354 e. The Morgan fingerprint density at radius 3 is 2.78 bits per heavy atom. The van der Waals surface area contributed by atoms with Gasteiger partial charge < -0.3 is 5.32 Å². The van der Waals surface area contributed by atoms with E-state index in [-0.39, 0.29) is 22.4 Å². The van der Waals surface area contributed by atoms with Crippen LogP contribution in [-0.2, 0) is 16.6 Å². The van der Waals surface area contributed by atoms with E-state index in [4.69, 9.17) is 0 Å². The number of fused-ring (bicyclic) bond motifs is 1. The quantitative estimate of drug-likeness (QED) is 0.920. The number of rotatable bonds is 4. The number of carbonyl (C=O) groups is 1. The maximum Gasteiger partial charge on any atom is 0.233 e. The first kappa shape index (κ1) is 16.1. The average Bonchev–Trinajstić information content (AvgIpc) is 2.97. The third kappa shape index (κ3) is 3.58. The zero-order valence-corrected chi connectivity index (χ0v) is 14.1. The van der Waals surface area contributed by atoms with Crippen molar-refractivity contribution in [3.05, 3.63) is 65.5 Å². The van der Waals surface area contributed by atoms with Gasteiger partial charge in [-0.15, -0.1) is 11.8 Å². The van der Waals surface area contributed by atoms with Crippen molar-refractivity contribution in [2.45, 2.75) is 35.8 Å². The Balaban J connectivity index is 1.61. The van der Waals surface area contributed by atoms with Crippen LogP contribution in [0, 0.1) is 5.82 Å². The molecule has 1 atom stereocenters. The minimum atomic E-state index is -0.312. The molecule has 0 aliphatic carbocycles. The fourth-order valence-electron chi connectivity index (χ4n) is 2.76. The second-order valence-corrected chi connectivity index (χ2v) is 7.77. The van der Waals surface area contributed by atoms with Crippen molar-refractivity contribution < 1.29 is 9.18 Å². The molecule has 1 unspecified atom stereocenters. The fraction of sp³-hybridized carbons (Fsp3) is 0.316. The maximum atomic E-state index is 13.4. The minimum Gasteiger partial charge on any atom is -0.354 e. The first-order chi connectivity index (χ1) is 11.0. The van der Waals surface area contributed by atoms with E-state index in [1.165, 1.54) is 22.6 Å². The van der Waals surface area contributed by atoms with Gasteiger partial charge in [0.2, 0.25) is 5.91 Å². The van der Waals surface area contributed by atoms with Gasteiger partial charge in [-0.05, 0) is 35.7 Å². The third-order valence-corrected chi connectivity index (χ3v) is 5.57. The average molecular weight is 329 g/mol. The molecule has 0 saturated carbocycles. The van der Waals surface area contributed by atoms with Crippen LogP contribution >= 0.6 is 11.8 Å².